The van der Waals surface area contributed by atoms with E-state index in [1.54, 1.807) is 18.2 Å². The van der Waals surface area contributed by atoms with E-state index in [9.17, 15) is 9.18 Å². The van der Waals surface area contributed by atoms with E-state index < -0.39 is 0 Å². The molecule has 216 valence electrons. The molecule has 42 heavy (non-hydrogen) atoms. The van der Waals surface area contributed by atoms with Gasteiger partial charge in [-0.25, -0.2) is 4.39 Å². The molecule has 9 heteroatoms. The van der Waals surface area contributed by atoms with Crippen LogP contribution >= 0.6 is 12.2 Å². The fourth-order valence-electron chi connectivity index (χ4n) is 4.42. The maximum Gasteiger partial charge on any atom is 0.231 e. The molecule has 5 rings (SSSR count). The van der Waals surface area contributed by atoms with Crippen molar-refractivity contribution in [3.63, 3.8) is 0 Å². The smallest absolute Gasteiger partial charge is 0.231 e. The van der Waals surface area contributed by atoms with Gasteiger partial charge in [0.2, 0.25) is 13.2 Å². The van der Waals surface area contributed by atoms with Gasteiger partial charge in [-0.1, -0.05) is 49.1 Å². The highest BCUT2D eigenvalue weighted by atomic mass is 32.1. The highest BCUT2D eigenvalue weighted by Gasteiger charge is 2.15. The molecule has 0 aliphatic carbocycles. The zero-order chi connectivity index (χ0) is 30.1. The Morgan fingerprint density at radius 2 is 1.79 bits per heavy atom. The third-order valence-electron chi connectivity index (χ3n) is 6.60. The summed E-state index contributed by atoms with van der Waals surface area (Å²) < 4.78 is 29.0. The molecule has 0 saturated carbocycles. The maximum absolute atomic E-state index is 13.1. The number of carbonyl (C=O) groups is 1. The summed E-state index contributed by atoms with van der Waals surface area (Å²) in [5.74, 6) is 1.73. The minimum Gasteiger partial charge on any atom is -0.496 e. The molecule has 0 atom stereocenters. The van der Waals surface area contributed by atoms with Crippen molar-refractivity contribution in [3.8, 4) is 28.4 Å². The lowest BCUT2D eigenvalue weighted by Gasteiger charge is -2.24. The second-order valence-electron chi connectivity index (χ2n) is 9.49. The first-order valence-corrected chi connectivity index (χ1v) is 13.5. The van der Waals surface area contributed by atoms with Gasteiger partial charge < -0.3 is 29.7 Å². The fraction of sp³-hybridized carbons (Fsp3) is 0.152. The highest BCUT2D eigenvalue weighted by Crippen LogP contribution is 2.34. The molecule has 0 fully saturated rings. The van der Waals surface area contributed by atoms with Crippen LogP contribution < -0.4 is 24.8 Å². The van der Waals surface area contributed by atoms with E-state index in [0.717, 1.165) is 51.7 Å². The van der Waals surface area contributed by atoms with Gasteiger partial charge in [0.25, 0.3) is 0 Å². The van der Waals surface area contributed by atoms with Gasteiger partial charge in [0.1, 0.15) is 11.6 Å². The molecule has 1 aliphatic rings. The predicted molar refractivity (Wildman–Crippen MR) is 170 cm³/mol. The van der Waals surface area contributed by atoms with Crippen LogP contribution in [0.5, 0.6) is 17.2 Å². The number of ether oxygens (including phenoxy) is 3. The van der Waals surface area contributed by atoms with Crippen LogP contribution in [0.1, 0.15) is 16.7 Å². The molecule has 0 radical (unpaired) electrons. The first kappa shape index (κ1) is 30.1. The van der Waals surface area contributed by atoms with Crippen molar-refractivity contribution in [1.29, 1.82) is 0 Å². The summed E-state index contributed by atoms with van der Waals surface area (Å²) >= 11 is 4.93. The van der Waals surface area contributed by atoms with E-state index in [0.29, 0.717) is 17.8 Å². The number of nitrogens with zero attached hydrogens (tertiary/aromatic N) is 1. The molecule has 0 bridgehead atoms. The summed E-state index contributed by atoms with van der Waals surface area (Å²) in [6.07, 6.45) is 0.619. The Morgan fingerprint density at radius 3 is 2.50 bits per heavy atom. The van der Waals surface area contributed by atoms with Crippen LogP contribution in [-0.2, 0) is 11.3 Å². The summed E-state index contributed by atoms with van der Waals surface area (Å²) in [5.41, 5.74) is 9.14. The van der Waals surface area contributed by atoms with Crippen molar-refractivity contribution in [2.24, 2.45) is 0 Å². The molecular formula is C33H32FN3O4S. The molecule has 1 aliphatic heterocycles. The molecule has 0 spiro atoms. The minimum absolute atomic E-state index is 0.289. The third-order valence-corrected chi connectivity index (χ3v) is 6.72. The molecule has 2 N–H and O–H groups in total. The molecule has 4 aromatic carbocycles. The average Bonchev–Trinajstić information content (AvgIpc) is 3.46. The maximum atomic E-state index is 13.1. The minimum atomic E-state index is -0.338. The molecule has 1 heterocycles. The molecule has 1 amide bonds. The predicted octanol–water partition coefficient (Wildman–Crippen LogP) is 7.27. The van der Waals surface area contributed by atoms with Crippen LogP contribution in [0.3, 0.4) is 0 Å². The van der Waals surface area contributed by atoms with Crippen molar-refractivity contribution < 1.29 is 23.4 Å². The number of hydrogen-bond donors (Lipinski definition) is 2. The van der Waals surface area contributed by atoms with E-state index in [1.807, 2.05) is 37.4 Å². The Bertz CT molecular complexity index is 1580. The number of amides is 1. The number of anilines is 2. The van der Waals surface area contributed by atoms with Crippen molar-refractivity contribution in [2.75, 3.05) is 31.6 Å². The Hall–Kier alpha value is -4.89. The summed E-state index contributed by atoms with van der Waals surface area (Å²) in [5, 5.41) is 5.67. The summed E-state index contributed by atoms with van der Waals surface area (Å²) in [6.45, 7) is 7.31. The lowest BCUT2D eigenvalue weighted by Crippen LogP contribution is -2.16. The molecule has 0 saturated heterocycles. The van der Waals surface area contributed by atoms with Crippen LogP contribution in [0, 0.1) is 12.7 Å². The Labute approximate surface area is 250 Å². The number of thiocarbonyl (C=S) groups is 1. The quantitative estimate of drug-likeness (QED) is 0.150. The third kappa shape index (κ3) is 7.44. The zero-order valence-corrected chi connectivity index (χ0v) is 24.5. The van der Waals surface area contributed by atoms with Crippen LogP contribution in [0.15, 0.2) is 85.4 Å². The van der Waals surface area contributed by atoms with Gasteiger partial charge in [0.05, 0.1) is 12.6 Å². The molecule has 0 aromatic heterocycles. The van der Waals surface area contributed by atoms with E-state index in [1.165, 1.54) is 30.3 Å². The number of hydrogen-bond acceptors (Lipinski definition) is 6. The van der Waals surface area contributed by atoms with E-state index in [2.05, 4.69) is 47.2 Å². The van der Waals surface area contributed by atoms with E-state index >= 15 is 0 Å². The van der Waals surface area contributed by atoms with Gasteiger partial charge in [0, 0.05) is 47.9 Å². The summed E-state index contributed by atoms with van der Waals surface area (Å²) in [4.78, 5) is 12.4. The van der Waals surface area contributed by atoms with Gasteiger partial charge in [-0.3, -0.25) is 4.79 Å². The van der Waals surface area contributed by atoms with Crippen LogP contribution in [0.25, 0.3) is 16.8 Å². The Morgan fingerprint density at radius 1 is 1.02 bits per heavy atom. The van der Waals surface area contributed by atoms with Crippen molar-refractivity contribution in [2.45, 2.75) is 13.5 Å². The first-order valence-electron chi connectivity index (χ1n) is 13.1. The van der Waals surface area contributed by atoms with Crippen molar-refractivity contribution in [1.82, 2.24) is 4.90 Å². The van der Waals surface area contributed by atoms with E-state index in [4.69, 9.17) is 26.4 Å². The van der Waals surface area contributed by atoms with Gasteiger partial charge in [-0.05, 0) is 66.1 Å². The van der Waals surface area contributed by atoms with Crippen LogP contribution in [-0.4, -0.2) is 37.8 Å². The average molecular weight is 586 g/mol. The molecule has 0 unspecified atom stereocenters. The van der Waals surface area contributed by atoms with Gasteiger partial charge in [0.15, 0.2) is 11.5 Å². The Kier molecular flexibility index (Phi) is 10.1. The number of halogens is 1. The number of fused-ring (bicyclic) bond motifs is 1. The fourth-order valence-corrected chi connectivity index (χ4v) is 4.55. The Balaban J connectivity index is 0.000000201. The first-order chi connectivity index (χ1) is 20.3. The zero-order valence-electron chi connectivity index (χ0n) is 23.6. The number of benzene rings is 4. The van der Waals surface area contributed by atoms with Gasteiger partial charge in [-0.2, -0.15) is 0 Å². The molecule has 4 aromatic rings. The largest absolute Gasteiger partial charge is 0.496 e. The molecule has 7 nitrogen and oxygen atoms in total. The summed E-state index contributed by atoms with van der Waals surface area (Å²) in [7, 11) is 3.52. The van der Waals surface area contributed by atoms with Crippen molar-refractivity contribution >= 4 is 41.2 Å². The van der Waals surface area contributed by atoms with Gasteiger partial charge in [-0.15, -0.1) is 0 Å². The number of rotatable bonds is 10. The topological polar surface area (TPSA) is 72.1 Å². The number of nitrogens with one attached hydrogen (secondary N) is 2. The van der Waals surface area contributed by atoms with Gasteiger partial charge >= 0.3 is 0 Å². The van der Waals surface area contributed by atoms with Crippen LogP contribution in [0.2, 0.25) is 0 Å². The number of carbonyl (C=O) groups excluding carboxylic acids is 1. The lowest BCUT2D eigenvalue weighted by atomic mass is 10.0. The van der Waals surface area contributed by atoms with Crippen LogP contribution in [0.4, 0.5) is 15.8 Å². The molecular weight excluding hydrogens is 553 g/mol. The van der Waals surface area contributed by atoms with E-state index in [-0.39, 0.29) is 12.6 Å². The SMILES string of the molecule is C=C(c1ccc(C)cc1NC=S)N(C)Cc1ccc2c(c1)OCO2.COc1cc(F)ccc1-c1ccc(NC=O)cc1. The second kappa shape index (κ2) is 14.1. The highest BCUT2D eigenvalue weighted by molar-refractivity contribution is 7.79. The summed E-state index contributed by atoms with van der Waals surface area (Å²) in [6, 6.07) is 23.8. The lowest BCUT2D eigenvalue weighted by molar-refractivity contribution is -0.105. The normalized spacial score (nSPS) is 11.0. The number of methoxy groups -OCH3 is 1. The van der Waals surface area contributed by atoms with Crippen molar-refractivity contribution in [3.05, 3.63) is 108 Å². The number of aryl methyl sites for hydroxylation is 1. The monoisotopic (exact) mass is 585 g/mol. The standard InChI is InChI=1S/C19H20N2O2S.C14H12FNO2/c1-13-4-6-16(17(8-13)20-11-24)14(2)21(3)10-15-5-7-18-19(9-15)23-12-22-18;1-18-14-8-11(15)4-7-13(14)10-2-5-12(6-3-10)16-9-17/h4-9,11H,2,10,12H2,1,3H3,(H,20,24);2-9H,1H3,(H,16,17). The second-order valence-corrected chi connectivity index (χ2v) is 9.72.